The van der Waals surface area contributed by atoms with E-state index in [0.29, 0.717) is 18.8 Å². The first-order chi connectivity index (χ1) is 12.6. The molecule has 0 aliphatic carbocycles. The molecule has 0 spiro atoms. The van der Waals surface area contributed by atoms with E-state index in [4.69, 9.17) is 0 Å². The maximum absolute atomic E-state index is 12.5. The van der Waals surface area contributed by atoms with Gasteiger partial charge in [-0.25, -0.2) is 16.8 Å². The average molecular weight is 411 g/mol. The van der Waals surface area contributed by atoms with Gasteiger partial charge in [0.05, 0.1) is 9.79 Å². The lowest BCUT2D eigenvalue weighted by molar-refractivity contribution is 0.102. The SMILES string of the molecule is CCN(CC)S(=O)(=O)c1ccc(NC(=O)c2cccc(S(C)(=O)=O)c2)cc1. The lowest BCUT2D eigenvalue weighted by atomic mass is 10.2. The second kappa shape index (κ2) is 8.20. The molecule has 0 aliphatic heterocycles. The smallest absolute Gasteiger partial charge is 0.255 e. The van der Waals surface area contributed by atoms with Crippen LogP contribution >= 0.6 is 0 Å². The van der Waals surface area contributed by atoms with Crippen molar-refractivity contribution in [3.8, 4) is 0 Å². The summed E-state index contributed by atoms with van der Waals surface area (Å²) in [5, 5.41) is 2.63. The Morgan fingerprint density at radius 3 is 2.04 bits per heavy atom. The Kier molecular flexibility index (Phi) is 6.40. The zero-order valence-corrected chi connectivity index (χ0v) is 17.0. The molecule has 1 amide bonds. The van der Waals surface area contributed by atoms with Crippen molar-refractivity contribution in [2.45, 2.75) is 23.6 Å². The van der Waals surface area contributed by atoms with E-state index in [1.807, 2.05) is 0 Å². The summed E-state index contributed by atoms with van der Waals surface area (Å²) < 4.78 is 49.5. The van der Waals surface area contributed by atoms with Crippen LogP contribution in [-0.2, 0) is 19.9 Å². The van der Waals surface area contributed by atoms with E-state index in [1.165, 1.54) is 52.8 Å². The van der Waals surface area contributed by atoms with Gasteiger partial charge in [0, 0.05) is 30.6 Å². The van der Waals surface area contributed by atoms with Gasteiger partial charge in [-0.15, -0.1) is 0 Å². The zero-order valence-electron chi connectivity index (χ0n) is 15.3. The third kappa shape index (κ3) is 4.94. The molecule has 146 valence electrons. The van der Waals surface area contributed by atoms with Crippen LogP contribution in [0.2, 0.25) is 0 Å². The Labute approximate surface area is 160 Å². The number of hydrogen-bond acceptors (Lipinski definition) is 5. The third-order valence-electron chi connectivity index (χ3n) is 3.98. The van der Waals surface area contributed by atoms with Gasteiger partial charge in [0.25, 0.3) is 5.91 Å². The number of hydrogen-bond donors (Lipinski definition) is 1. The molecular weight excluding hydrogens is 388 g/mol. The van der Waals surface area contributed by atoms with Crippen LogP contribution in [0, 0.1) is 0 Å². The number of nitrogens with one attached hydrogen (secondary N) is 1. The largest absolute Gasteiger partial charge is 0.322 e. The van der Waals surface area contributed by atoms with E-state index < -0.39 is 25.8 Å². The molecule has 27 heavy (non-hydrogen) atoms. The summed E-state index contributed by atoms with van der Waals surface area (Å²) in [6, 6.07) is 11.5. The molecule has 0 radical (unpaired) electrons. The monoisotopic (exact) mass is 410 g/mol. The minimum atomic E-state index is -3.57. The van der Waals surface area contributed by atoms with Crippen LogP contribution < -0.4 is 5.32 Å². The van der Waals surface area contributed by atoms with Gasteiger partial charge in [-0.1, -0.05) is 19.9 Å². The number of sulfone groups is 1. The minimum Gasteiger partial charge on any atom is -0.322 e. The number of amides is 1. The highest BCUT2D eigenvalue weighted by atomic mass is 32.2. The van der Waals surface area contributed by atoms with E-state index in [0.717, 1.165) is 6.26 Å². The number of carbonyl (C=O) groups is 1. The number of anilines is 1. The molecule has 0 unspecified atom stereocenters. The van der Waals surface area contributed by atoms with E-state index >= 15 is 0 Å². The predicted molar refractivity (Wildman–Crippen MR) is 104 cm³/mol. The maximum atomic E-state index is 12.5. The Bertz CT molecular complexity index is 1030. The van der Waals surface area contributed by atoms with Crippen LogP contribution in [0.4, 0.5) is 5.69 Å². The van der Waals surface area contributed by atoms with E-state index in [-0.39, 0.29) is 15.4 Å². The van der Waals surface area contributed by atoms with Crippen LogP contribution in [0.1, 0.15) is 24.2 Å². The molecule has 0 aliphatic rings. The van der Waals surface area contributed by atoms with Crippen LogP contribution in [0.3, 0.4) is 0 Å². The molecule has 2 aromatic carbocycles. The molecule has 9 heteroatoms. The van der Waals surface area contributed by atoms with E-state index in [1.54, 1.807) is 13.8 Å². The van der Waals surface area contributed by atoms with Crippen molar-refractivity contribution in [1.82, 2.24) is 4.31 Å². The molecule has 0 aromatic heterocycles. The standard InChI is InChI=1S/C18H22N2O5S2/c1-4-20(5-2)27(24,25)16-11-9-15(10-12-16)19-18(21)14-7-6-8-17(13-14)26(3,22)23/h6-13H,4-5H2,1-3H3,(H,19,21). The molecule has 2 rings (SSSR count). The lowest BCUT2D eigenvalue weighted by Crippen LogP contribution is -2.30. The molecule has 7 nitrogen and oxygen atoms in total. The van der Waals surface area contributed by atoms with Gasteiger partial charge in [-0.2, -0.15) is 4.31 Å². The second-order valence-corrected chi connectivity index (χ2v) is 9.82. The number of rotatable bonds is 7. The van der Waals surface area contributed by atoms with Crippen molar-refractivity contribution in [3.05, 3.63) is 54.1 Å². The summed E-state index contributed by atoms with van der Waals surface area (Å²) in [6.07, 6.45) is 1.07. The van der Waals surface area contributed by atoms with E-state index in [2.05, 4.69) is 5.32 Å². The highest BCUT2D eigenvalue weighted by molar-refractivity contribution is 7.90. The molecule has 0 heterocycles. The minimum absolute atomic E-state index is 0.0517. The summed E-state index contributed by atoms with van der Waals surface area (Å²) in [6.45, 7) is 4.27. The Morgan fingerprint density at radius 1 is 0.926 bits per heavy atom. The zero-order chi connectivity index (χ0) is 20.2. The summed E-state index contributed by atoms with van der Waals surface area (Å²) in [5.41, 5.74) is 0.598. The highest BCUT2D eigenvalue weighted by Crippen LogP contribution is 2.19. The average Bonchev–Trinajstić information content (AvgIpc) is 2.62. The van der Waals surface area contributed by atoms with Gasteiger partial charge in [-0.3, -0.25) is 4.79 Å². The fourth-order valence-corrected chi connectivity index (χ4v) is 4.62. The van der Waals surface area contributed by atoms with Gasteiger partial charge in [0.2, 0.25) is 10.0 Å². The fraction of sp³-hybridized carbons (Fsp3) is 0.278. The maximum Gasteiger partial charge on any atom is 0.255 e. The van der Waals surface area contributed by atoms with Gasteiger partial charge in [0.1, 0.15) is 0 Å². The molecule has 0 fully saturated rings. The summed E-state index contributed by atoms with van der Waals surface area (Å²) in [4.78, 5) is 12.5. The van der Waals surface area contributed by atoms with E-state index in [9.17, 15) is 21.6 Å². The third-order valence-corrected chi connectivity index (χ3v) is 7.15. The quantitative estimate of drug-likeness (QED) is 0.755. The Hall–Kier alpha value is -2.23. The van der Waals surface area contributed by atoms with Crippen LogP contribution in [0.25, 0.3) is 0 Å². The van der Waals surface area contributed by atoms with Gasteiger partial charge in [0.15, 0.2) is 9.84 Å². The first-order valence-electron chi connectivity index (χ1n) is 8.31. The predicted octanol–water partition coefficient (Wildman–Crippen LogP) is 2.37. The number of sulfonamides is 1. The topological polar surface area (TPSA) is 101 Å². The van der Waals surface area contributed by atoms with Crippen molar-refractivity contribution in [1.29, 1.82) is 0 Å². The van der Waals surface area contributed by atoms with Crippen LogP contribution in [-0.4, -0.2) is 46.4 Å². The summed E-state index contributed by atoms with van der Waals surface area (Å²) in [7, 11) is -6.98. The van der Waals surface area contributed by atoms with Crippen molar-refractivity contribution in [3.63, 3.8) is 0 Å². The number of benzene rings is 2. The molecule has 1 N–H and O–H groups in total. The van der Waals surface area contributed by atoms with Crippen molar-refractivity contribution in [2.75, 3.05) is 24.7 Å². The second-order valence-electron chi connectivity index (χ2n) is 5.87. The van der Waals surface area contributed by atoms with Crippen LogP contribution in [0.5, 0.6) is 0 Å². The molecule has 0 atom stereocenters. The number of carbonyl (C=O) groups excluding carboxylic acids is 1. The van der Waals surface area contributed by atoms with Gasteiger partial charge < -0.3 is 5.32 Å². The number of nitrogens with zero attached hydrogens (tertiary/aromatic N) is 1. The summed E-state index contributed by atoms with van der Waals surface area (Å²) >= 11 is 0. The molecule has 0 saturated carbocycles. The normalized spacial score (nSPS) is 12.1. The Morgan fingerprint density at radius 2 is 1.52 bits per heavy atom. The van der Waals surface area contributed by atoms with Crippen molar-refractivity contribution in [2.24, 2.45) is 0 Å². The first-order valence-corrected chi connectivity index (χ1v) is 11.6. The Balaban J connectivity index is 2.21. The lowest BCUT2D eigenvalue weighted by Gasteiger charge is -2.18. The van der Waals surface area contributed by atoms with Crippen LogP contribution in [0.15, 0.2) is 58.3 Å². The summed E-state index contributed by atoms with van der Waals surface area (Å²) in [5.74, 6) is -0.486. The van der Waals surface area contributed by atoms with Gasteiger partial charge >= 0.3 is 0 Å². The molecule has 2 aromatic rings. The van der Waals surface area contributed by atoms with Crippen molar-refractivity contribution < 1.29 is 21.6 Å². The van der Waals surface area contributed by atoms with Crippen molar-refractivity contribution >= 4 is 31.5 Å². The molecule has 0 bridgehead atoms. The molecular formula is C18H22N2O5S2. The fourth-order valence-electron chi connectivity index (χ4n) is 2.49. The molecule has 0 saturated heterocycles. The van der Waals surface area contributed by atoms with Gasteiger partial charge in [-0.05, 0) is 42.5 Å². The highest BCUT2D eigenvalue weighted by Gasteiger charge is 2.21. The first kappa shape index (κ1) is 21.1.